The van der Waals surface area contributed by atoms with E-state index >= 15 is 0 Å². The van der Waals surface area contributed by atoms with Gasteiger partial charge < -0.3 is 0 Å². The van der Waals surface area contributed by atoms with Gasteiger partial charge in [-0.05, 0) is 45.8 Å². The number of hydrogen-bond acceptors (Lipinski definition) is 1. The first-order valence-electron chi connectivity index (χ1n) is 9.23. The minimum Gasteiger partial charge on any atom is -0.239 e. The third kappa shape index (κ3) is 2.27. The smallest absolute Gasteiger partial charge is 0.239 e. The van der Waals surface area contributed by atoms with Gasteiger partial charge in [-0.2, -0.15) is 18.3 Å². The van der Waals surface area contributed by atoms with Gasteiger partial charge in [-0.15, -0.1) is 0 Å². The van der Waals surface area contributed by atoms with Crippen LogP contribution in [-0.4, -0.2) is 9.61 Å². The molecule has 4 aromatic carbocycles. The van der Waals surface area contributed by atoms with Crippen molar-refractivity contribution >= 4 is 48.7 Å². The molecule has 6 aromatic rings. The third-order valence-electron chi connectivity index (χ3n) is 5.60. The highest BCUT2D eigenvalue weighted by molar-refractivity contribution is 6.27. The quantitative estimate of drug-likeness (QED) is 0.258. The van der Waals surface area contributed by atoms with Gasteiger partial charge in [0.25, 0.3) is 0 Å². The molecule has 2 aromatic heterocycles. The Morgan fingerprint density at radius 2 is 1.48 bits per heavy atom. The largest absolute Gasteiger partial charge is 0.416 e. The summed E-state index contributed by atoms with van der Waals surface area (Å²) in [6.07, 6.45) is -2.64. The maximum atomic E-state index is 13.2. The van der Waals surface area contributed by atoms with E-state index in [-0.39, 0.29) is 0 Å². The van der Waals surface area contributed by atoms with Crippen LogP contribution in [0.5, 0.6) is 0 Å². The molecule has 5 heteroatoms. The minimum atomic E-state index is -4.37. The Bertz CT molecular complexity index is 1590. The lowest BCUT2D eigenvalue weighted by Gasteiger charge is -2.09. The van der Waals surface area contributed by atoms with Gasteiger partial charge in [0.15, 0.2) is 0 Å². The highest BCUT2D eigenvalue weighted by atomic mass is 19.4. The topological polar surface area (TPSA) is 17.3 Å². The van der Waals surface area contributed by atoms with E-state index in [1.54, 1.807) is 22.8 Å². The van der Waals surface area contributed by atoms with Gasteiger partial charge in [0.05, 0.1) is 16.6 Å². The van der Waals surface area contributed by atoms with E-state index in [0.717, 1.165) is 49.4 Å². The molecule has 0 unspecified atom stereocenters. The first kappa shape index (κ1) is 16.4. The molecular formula is C24H13F3N2. The zero-order chi connectivity index (χ0) is 19.8. The van der Waals surface area contributed by atoms with Crippen molar-refractivity contribution in [3.63, 3.8) is 0 Å². The van der Waals surface area contributed by atoms with Crippen LogP contribution in [0.2, 0.25) is 0 Å². The van der Waals surface area contributed by atoms with Gasteiger partial charge in [0.2, 0.25) is 0 Å². The molecule has 2 heterocycles. The van der Waals surface area contributed by atoms with Gasteiger partial charge in [-0.25, -0.2) is 4.52 Å². The standard InChI is InChI=1S/C24H13F3N2/c25-24(26,27)17-8-9-19-16(13-17)11-12-29-23(19)22-20(28-29)10-7-15-6-5-14-3-1-2-4-18(14)21(15)22/h1-13H. The first-order chi connectivity index (χ1) is 14.0. The van der Waals surface area contributed by atoms with Crippen molar-refractivity contribution in [2.75, 3.05) is 0 Å². The number of pyridine rings is 1. The van der Waals surface area contributed by atoms with Gasteiger partial charge in [-0.1, -0.05) is 48.5 Å². The summed E-state index contributed by atoms with van der Waals surface area (Å²) in [5.41, 5.74) is 1.00. The Morgan fingerprint density at radius 3 is 2.34 bits per heavy atom. The van der Waals surface area contributed by atoms with Crippen molar-refractivity contribution in [2.24, 2.45) is 0 Å². The van der Waals surface area contributed by atoms with Crippen LogP contribution in [-0.2, 0) is 6.18 Å². The summed E-state index contributed by atoms with van der Waals surface area (Å²) in [4.78, 5) is 0. The SMILES string of the molecule is FC(F)(F)c1ccc2c(ccn3nc4ccc5ccc6ccccc6c5c4c23)c1. The van der Waals surface area contributed by atoms with Crippen LogP contribution in [0, 0.1) is 0 Å². The van der Waals surface area contributed by atoms with Crippen molar-refractivity contribution in [1.82, 2.24) is 9.61 Å². The van der Waals surface area contributed by atoms with Crippen LogP contribution in [0.3, 0.4) is 0 Å². The van der Waals surface area contributed by atoms with E-state index in [1.807, 2.05) is 24.3 Å². The summed E-state index contributed by atoms with van der Waals surface area (Å²) in [6.45, 7) is 0. The molecule has 29 heavy (non-hydrogen) atoms. The highest BCUT2D eigenvalue weighted by Crippen LogP contribution is 2.38. The molecule has 0 saturated carbocycles. The second-order valence-corrected chi connectivity index (χ2v) is 7.25. The summed E-state index contributed by atoms with van der Waals surface area (Å²) in [7, 11) is 0. The zero-order valence-electron chi connectivity index (χ0n) is 15.0. The third-order valence-corrected chi connectivity index (χ3v) is 5.60. The van der Waals surface area contributed by atoms with Crippen LogP contribution in [0.1, 0.15) is 5.56 Å². The Labute approximate surface area is 162 Å². The Morgan fingerprint density at radius 1 is 0.690 bits per heavy atom. The number of aromatic nitrogens is 2. The Hall–Kier alpha value is -3.60. The molecular weight excluding hydrogens is 373 g/mol. The van der Waals surface area contributed by atoms with Gasteiger partial charge in [0.1, 0.15) is 0 Å². The molecule has 0 aliphatic rings. The van der Waals surface area contributed by atoms with Crippen LogP contribution >= 0.6 is 0 Å². The fourth-order valence-electron chi connectivity index (χ4n) is 4.30. The van der Waals surface area contributed by atoms with E-state index in [4.69, 9.17) is 0 Å². The van der Waals surface area contributed by atoms with E-state index in [0.29, 0.717) is 5.39 Å². The number of nitrogens with zero attached hydrogens (tertiary/aromatic N) is 2. The highest BCUT2D eigenvalue weighted by Gasteiger charge is 2.30. The molecule has 2 nitrogen and oxygen atoms in total. The summed E-state index contributed by atoms with van der Waals surface area (Å²) < 4.78 is 41.3. The minimum absolute atomic E-state index is 0.548. The molecule has 0 aliphatic carbocycles. The van der Waals surface area contributed by atoms with Crippen LogP contribution in [0.15, 0.2) is 79.0 Å². The summed E-state index contributed by atoms with van der Waals surface area (Å²) in [5.74, 6) is 0. The number of rotatable bonds is 0. The van der Waals surface area contributed by atoms with E-state index in [9.17, 15) is 13.2 Å². The first-order valence-corrected chi connectivity index (χ1v) is 9.23. The van der Waals surface area contributed by atoms with Crippen molar-refractivity contribution in [3.05, 3.63) is 84.6 Å². The lowest BCUT2D eigenvalue weighted by Crippen LogP contribution is -2.04. The zero-order valence-corrected chi connectivity index (χ0v) is 15.0. The average molecular weight is 386 g/mol. The Balaban J connectivity index is 1.86. The number of alkyl halides is 3. The fraction of sp³-hybridized carbons (Fsp3) is 0.0417. The second-order valence-electron chi connectivity index (χ2n) is 7.25. The summed E-state index contributed by atoms with van der Waals surface area (Å²) in [6, 6.07) is 21.9. The molecule has 0 spiro atoms. The van der Waals surface area contributed by atoms with Gasteiger partial charge in [0, 0.05) is 22.4 Å². The van der Waals surface area contributed by atoms with Crippen molar-refractivity contribution in [2.45, 2.75) is 6.18 Å². The summed E-state index contributed by atoms with van der Waals surface area (Å²) >= 11 is 0. The van der Waals surface area contributed by atoms with Gasteiger partial charge >= 0.3 is 6.18 Å². The monoisotopic (exact) mass is 386 g/mol. The lowest BCUT2D eigenvalue weighted by molar-refractivity contribution is -0.137. The molecule has 0 fully saturated rings. The molecule has 0 radical (unpaired) electrons. The lowest BCUT2D eigenvalue weighted by atomic mass is 9.97. The summed E-state index contributed by atoms with van der Waals surface area (Å²) in [5, 5.41) is 11.3. The molecule has 0 N–H and O–H groups in total. The molecule has 6 rings (SSSR count). The molecule has 0 amide bonds. The van der Waals surface area contributed by atoms with Crippen molar-refractivity contribution in [3.8, 4) is 0 Å². The second kappa shape index (κ2) is 5.47. The molecule has 0 bridgehead atoms. The van der Waals surface area contributed by atoms with Crippen LogP contribution in [0.4, 0.5) is 13.2 Å². The van der Waals surface area contributed by atoms with E-state index in [2.05, 4.69) is 29.4 Å². The van der Waals surface area contributed by atoms with Crippen molar-refractivity contribution in [1.29, 1.82) is 0 Å². The number of fused-ring (bicyclic) bond motifs is 9. The number of halogens is 3. The molecule has 0 saturated heterocycles. The van der Waals surface area contributed by atoms with Gasteiger partial charge in [-0.3, -0.25) is 0 Å². The average Bonchev–Trinajstić information content (AvgIpc) is 3.11. The predicted octanol–water partition coefficient (Wildman–Crippen LogP) is 6.97. The molecule has 0 aliphatic heterocycles. The maximum absolute atomic E-state index is 13.2. The van der Waals surface area contributed by atoms with Crippen LogP contribution < -0.4 is 0 Å². The Kier molecular flexibility index (Phi) is 3.09. The van der Waals surface area contributed by atoms with E-state index in [1.165, 1.54) is 6.07 Å². The molecule has 140 valence electrons. The maximum Gasteiger partial charge on any atom is 0.416 e. The van der Waals surface area contributed by atoms with Crippen molar-refractivity contribution < 1.29 is 13.2 Å². The molecule has 0 atom stereocenters. The predicted molar refractivity (Wildman–Crippen MR) is 110 cm³/mol. The number of hydrogen-bond donors (Lipinski definition) is 0. The van der Waals surface area contributed by atoms with Crippen LogP contribution in [0.25, 0.3) is 48.7 Å². The fourth-order valence-corrected chi connectivity index (χ4v) is 4.30. The number of benzene rings is 4. The van der Waals surface area contributed by atoms with E-state index < -0.39 is 11.7 Å². The normalized spacial score (nSPS) is 12.7.